The highest BCUT2D eigenvalue weighted by atomic mass is 16.3. The SMILES string of the molecule is CCCCCCCCCCCCCCCC(=O)NC(CO)C(=O)NCC(=O)NC(CCCN=C(N)N)C(=O)NC(C(=O)NC(CC(C)C)C(=O)NC(C)C(=O)NC(C(=O)NC(CCCCN)C(=O)NC(CC(C)C)C(=O)NC(CCCN=C(N)N)C(=O)NC(CCCO)C(=O)NC(C(=O)NC(CC(N)=O)C(=O)NC(C)C(N)=O)C(C)O)C(C)O)C(C)C. The van der Waals surface area contributed by atoms with Crippen LogP contribution in [0.5, 0.6) is 0 Å². The second kappa shape index (κ2) is 62.9. The van der Waals surface area contributed by atoms with E-state index >= 15 is 0 Å². The van der Waals surface area contributed by atoms with Gasteiger partial charge in [0.15, 0.2) is 11.9 Å². The predicted octanol–water partition coefficient (Wildman–Crippen LogP) is -5.20. The fourth-order valence-corrected chi connectivity index (χ4v) is 12.5. The van der Waals surface area contributed by atoms with Crippen LogP contribution in [-0.4, -0.2) is 257 Å². The first-order chi connectivity index (χ1) is 57.4. The molecule has 0 spiro atoms. The summed E-state index contributed by atoms with van der Waals surface area (Å²) in [6.45, 7) is 15.1. The molecule has 0 aromatic heterocycles. The Labute approximate surface area is 716 Å². The van der Waals surface area contributed by atoms with Crippen LogP contribution in [0.3, 0.4) is 0 Å². The molecule has 43 heteroatoms. The molecule has 0 saturated heterocycles. The van der Waals surface area contributed by atoms with E-state index < -0.39 is 217 Å². The van der Waals surface area contributed by atoms with Gasteiger partial charge in [0.2, 0.25) is 94.5 Å². The summed E-state index contributed by atoms with van der Waals surface area (Å²) in [6, 6.07) is -19.9. The monoisotopic (exact) mass is 1740 g/mol. The normalized spacial score (nSPS) is 14.9. The Hall–Kier alpha value is -10.1. The van der Waals surface area contributed by atoms with E-state index in [0.717, 1.165) is 39.5 Å². The lowest BCUT2D eigenvalue weighted by atomic mass is 9.99. The minimum Gasteiger partial charge on any atom is -0.396 e. The Morgan fingerprint density at radius 1 is 0.336 bits per heavy atom. The van der Waals surface area contributed by atoms with Gasteiger partial charge in [-0.3, -0.25) is 86.7 Å². The third-order valence-electron chi connectivity index (χ3n) is 19.4. The summed E-state index contributed by atoms with van der Waals surface area (Å²) in [5.41, 5.74) is 38.5. The van der Waals surface area contributed by atoms with Gasteiger partial charge in [0.05, 0.1) is 31.8 Å². The van der Waals surface area contributed by atoms with Gasteiger partial charge in [-0.25, -0.2) is 0 Å². The lowest BCUT2D eigenvalue weighted by Gasteiger charge is -2.29. The highest BCUT2D eigenvalue weighted by Crippen LogP contribution is 2.17. The highest BCUT2D eigenvalue weighted by molar-refractivity contribution is 6.01. The predicted molar refractivity (Wildman–Crippen MR) is 456 cm³/mol. The topological polar surface area (TPSA) is 729 Å². The number of guanidine groups is 2. The summed E-state index contributed by atoms with van der Waals surface area (Å²) in [6.07, 6.45) is 10.1. The zero-order chi connectivity index (χ0) is 92.7. The summed E-state index contributed by atoms with van der Waals surface area (Å²) in [7, 11) is 0. The van der Waals surface area contributed by atoms with Crippen LogP contribution in [0.1, 0.15) is 243 Å². The second-order valence-corrected chi connectivity index (χ2v) is 32.0. The fourth-order valence-electron chi connectivity index (χ4n) is 12.5. The molecule has 15 atom stereocenters. The van der Waals surface area contributed by atoms with Crippen LogP contribution in [-0.2, 0) is 76.7 Å². The largest absolute Gasteiger partial charge is 0.396 e. The first kappa shape index (κ1) is 112. The van der Waals surface area contributed by atoms with E-state index in [0.29, 0.717) is 12.8 Å². The second-order valence-electron chi connectivity index (χ2n) is 32.0. The molecule has 0 heterocycles. The molecule has 0 aliphatic rings. The van der Waals surface area contributed by atoms with Crippen molar-refractivity contribution in [3.63, 3.8) is 0 Å². The van der Waals surface area contributed by atoms with Gasteiger partial charge in [0.1, 0.15) is 78.5 Å². The Morgan fingerprint density at radius 3 is 1.11 bits per heavy atom. The van der Waals surface area contributed by atoms with E-state index in [9.17, 15) is 97.1 Å². The number of amides is 16. The molecule has 0 radical (unpaired) electrons. The lowest BCUT2D eigenvalue weighted by Crippen LogP contribution is -2.62. The molecule has 0 aromatic rings. The molecule has 15 unspecified atom stereocenters. The highest BCUT2D eigenvalue weighted by Gasteiger charge is 2.39. The minimum absolute atomic E-state index is 0.0131. The average molecular weight is 1740 g/mol. The van der Waals surface area contributed by atoms with E-state index in [4.69, 9.17) is 40.1 Å². The van der Waals surface area contributed by atoms with Crippen molar-refractivity contribution in [3.05, 3.63) is 0 Å². The first-order valence-corrected chi connectivity index (χ1v) is 42.6. The van der Waals surface area contributed by atoms with E-state index in [2.05, 4.69) is 91.3 Å². The fraction of sp³-hybridized carbons (Fsp3) is 0.772. The summed E-state index contributed by atoms with van der Waals surface area (Å²) in [5.74, 6) is -17.2. The molecular formula is C79H147N23O20. The molecule has 16 amide bonds. The van der Waals surface area contributed by atoms with Gasteiger partial charge < -0.3 is 135 Å². The van der Waals surface area contributed by atoms with Crippen molar-refractivity contribution in [2.24, 2.45) is 67.9 Å². The Morgan fingerprint density at radius 2 is 0.689 bits per heavy atom. The molecular weight excluding hydrogens is 1590 g/mol. The van der Waals surface area contributed by atoms with E-state index in [1.807, 2.05) is 0 Å². The number of primary amides is 2. The Kier molecular flexibility index (Phi) is 57.7. The number of nitrogens with one attached hydrogen (secondary N) is 14. The van der Waals surface area contributed by atoms with Crippen molar-refractivity contribution in [2.45, 2.75) is 334 Å². The van der Waals surface area contributed by atoms with E-state index in [-0.39, 0.29) is 114 Å². The molecule has 0 bridgehead atoms. The van der Waals surface area contributed by atoms with Crippen molar-refractivity contribution in [3.8, 4) is 0 Å². The van der Waals surface area contributed by atoms with Gasteiger partial charge in [-0.2, -0.15) is 0 Å². The van der Waals surface area contributed by atoms with Crippen molar-refractivity contribution in [1.29, 1.82) is 0 Å². The summed E-state index contributed by atoms with van der Waals surface area (Å²) in [4.78, 5) is 226. The van der Waals surface area contributed by atoms with Gasteiger partial charge in [-0.1, -0.05) is 126 Å². The number of nitrogens with two attached hydrogens (primary N) is 7. The maximum Gasteiger partial charge on any atom is 0.245 e. The van der Waals surface area contributed by atoms with Gasteiger partial charge >= 0.3 is 0 Å². The number of unbranched alkanes of at least 4 members (excludes halogenated alkanes) is 13. The van der Waals surface area contributed by atoms with Crippen LogP contribution in [0.15, 0.2) is 9.98 Å². The first-order valence-electron chi connectivity index (χ1n) is 42.6. The maximum absolute atomic E-state index is 14.6. The van der Waals surface area contributed by atoms with Crippen molar-refractivity contribution < 1.29 is 97.1 Å². The molecule has 0 rings (SSSR count). The van der Waals surface area contributed by atoms with Crippen LogP contribution in [0.2, 0.25) is 0 Å². The minimum atomic E-state index is -1.89. The number of aliphatic imine (C=N–C) groups is 2. The number of aliphatic hydroxyl groups excluding tert-OH is 4. The van der Waals surface area contributed by atoms with Crippen molar-refractivity contribution >= 4 is 106 Å². The summed E-state index contributed by atoms with van der Waals surface area (Å²) >= 11 is 0. The van der Waals surface area contributed by atoms with E-state index in [1.165, 1.54) is 65.2 Å². The molecule has 32 N–H and O–H groups in total. The third kappa shape index (κ3) is 49.1. The zero-order valence-electron chi connectivity index (χ0n) is 73.3. The van der Waals surface area contributed by atoms with Gasteiger partial charge in [0, 0.05) is 26.1 Å². The lowest BCUT2D eigenvalue weighted by molar-refractivity contribution is -0.137. The standard InChI is InChI=1S/C79H147N23O20/c1-12-13-14-15-16-17-18-19-20-21-22-23-24-34-60(108)93-58(43-104)67(112)89-42-61(109)92-51(31-27-36-87-78(83)84)70(115)100-62(46(6)7)75(120)98-55(39-44(2)3)72(117)91-48(9)66(111)101-63(49(10)105)76(121)96-52(30-25-26-35-80)69(114)97-56(40-45(4)5)74(119)95-53(32-28-37-88-79(85)86)68(113)94-54(33-29-38-103)71(116)102-64(50(11)106)77(122)99-57(41-59(81)107)73(118)90-47(8)65(82)110/h44-58,62-64,103-106H,12-43,80H2,1-11H3,(H2,81,107)(H2,82,110)(H,89,112)(H,90,118)(H,91,117)(H,92,109)(H,93,108)(H,94,113)(H,95,119)(H,96,121)(H,97,114)(H,98,120)(H,99,122)(H,100,115)(H,101,111)(H,102,116)(H4,83,84,87)(H4,85,86,88). The number of hydrogen-bond donors (Lipinski definition) is 25. The van der Waals surface area contributed by atoms with Crippen LogP contribution in [0, 0.1) is 17.8 Å². The smallest absolute Gasteiger partial charge is 0.245 e. The molecule has 0 aliphatic carbocycles. The van der Waals surface area contributed by atoms with Gasteiger partial charge in [-0.05, 0) is 129 Å². The number of carbonyl (C=O) groups excluding carboxylic acids is 16. The molecule has 0 aromatic carbocycles. The molecule has 0 saturated carbocycles. The molecule has 43 nitrogen and oxygen atoms in total. The Balaban J connectivity index is 6.70. The number of rotatable bonds is 67. The van der Waals surface area contributed by atoms with Gasteiger partial charge in [-0.15, -0.1) is 0 Å². The molecule has 0 fully saturated rings. The summed E-state index contributed by atoms with van der Waals surface area (Å²) < 4.78 is 0. The number of hydrogen-bond acceptors (Lipinski definition) is 23. The Bertz CT molecular complexity index is 3340. The third-order valence-corrected chi connectivity index (χ3v) is 19.4. The van der Waals surface area contributed by atoms with Crippen molar-refractivity contribution in [2.75, 3.05) is 39.4 Å². The number of carbonyl (C=O) groups is 16. The quantitative estimate of drug-likeness (QED) is 0.0154. The van der Waals surface area contributed by atoms with Crippen LogP contribution in [0.25, 0.3) is 0 Å². The number of aliphatic hydroxyl groups is 4. The van der Waals surface area contributed by atoms with Gasteiger partial charge in [0.25, 0.3) is 0 Å². The molecule has 122 heavy (non-hydrogen) atoms. The average Bonchev–Trinajstić information content (AvgIpc) is 0.859. The molecule has 0 aliphatic heterocycles. The zero-order valence-corrected chi connectivity index (χ0v) is 73.3. The maximum atomic E-state index is 14.6. The van der Waals surface area contributed by atoms with Crippen molar-refractivity contribution in [1.82, 2.24) is 74.4 Å². The summed E-state index contributed by atoms with van der Waals surface area (Å²) in [5, 5.41) is 76.2. The van der Waals surface area contributed by atoms with Crippen LogP contribution in [0.4, 0.5) is 0 Å². The van der Waals surface area contributed by atoms with Crippen LogP contribution < -0.4 is 115 Å². The molecule has 698 valence electrons. The van der Waals surface area contributed by atoms with Crippen LogP contribution >= 0.6 is 0 Å². The van der Waals surface area contributed by atoms with E-state index in [1.54, 1.807) is 41.5 Å². The number of nitrogens with zero attached hydrogens (tertiary/aromatic N) is 2.